The molecule has 0 bridgehead atoms. The molecule has 26 heavy (non-hydrogen) atoms. The van der Waals surface area contributed by atoms with Gasteiger partial charge >= 0.3 is 0 Å². The van der Waals surface area contributed by atoms with Crippen LogP contribution in [0.25, 0.3) is 0 Å². The van der Waals surface area contributed by atoms with Crippen LogP contribution in [0.15, 0.2) is 0 Å². The van der Waals surface area contributed by atoms with Crippen LogP contribution < -0.4 is 5.11 Å². The third-order valence-electron chi connectivity index (χ3n) is 5.33. The number of carboxylic acids is 2. The van der Waals surface area contributed by atoms with Crippen molar-refractivity contribution in [3.63, 3.8) is 0 Å². The first-order chi connectivity index (χ1) is 12.0. The van der Waals surface area contributed by atoms with Crippen LogP contribution >= 0.6 is 0 Å². The van der Waals surface area contributed by atoms with E-state index in [1.54, 1.807) is 13.8 Å². The fraction of sp³-hybridized carbons (Fsp3) is 0.905. The summed E-state index contributed by atoms with van der Waals surface area (Å²) in [6, 6.07) is 0. The number of unbranched alkanes of at least 4 members (excludes halogenated alkanes) is 10. The molecule has 0 aromatic rings. The second-order valence-corrected chi connectivity index (χ2v) is 8.31. The van der Waals surface area contributed by atoms with Crippen molar-refractivity contribution in [3.8, 4) is 0 Å². The monoisotopic (exact) mass is 373 g/mol. The predicted octanol–water partition coefficient (Wildman–Crippen LogP) is 3.99. The summed E-state index contributed by atoms with van der Waals surface area (Å²) in [7, 11) is 3.98. The molecule has 0 saturated heterocycles. The summed E-state index contributed by atoms with van der Waals surface area (Å²) >= 11 is 0. The van der Waals surface area contributed by atoms with Gasteiger partial charge in [0.25, 0.3) is 5.97 Å². The number of rotatable bonds is 14. The van der Waals surface area contributed by atoms with Crippen molar-refractivity contribution in [2.45, 2.75) is 104 Å². The summed E-state index contributed by atoms with van der Waals surface area (Å²) < 4.78 is 0.493. The van der Waals surface area contributed by atoms with Crippen LogP contribution in [0, 0.1) is 0 Å². The lowest BCUT2D eigenvalue weighted by Crippen LogP contribution is -2.64. The number of hydrogen-bond acceptors (Lipinski definition) is 3. The largest absolute Gasteiger partial charge is 0.544 e. The number of aliphatic carboxylic acids is 2. The van der Waals surface area contributed by atoms with Crippen molar-refractivity contribution in [1.29, 1.82) is 0 Å². The first kappa shape index (κ1) is 27.1. The van der Waals surface area contributed by atoms with E-state index in [0.29, 0.717) is 4.48 Å². The molecule has 0 aliphatic rings. The molecule has 0 unspecified atom stereocenters. The van der Waals surface area contributed by atoms with E-state index >= 15 is 0 Å². The summed E-state index contributed by atoms with van der Waals surface area (Å²) in [6.45, 7) is 7.77. The fourth-order valence-corrected chi connectivity index (χ4v) is 2.70. The predicted molar refractivity (Wildman–Crippen MR) is 106 cm³/mol. The molecule has 0 heterocycles. The minimum atomic E-state index is -0.958. The molecule has 156 valence electrons. The highest BCUT2D eigenvalue weighted by atomic mass is 16.4. The molecule has 1 N–H and O–H groups in total. The number of carbonyl (C=O) groups excluding carboxylic acids is 1. The van der Waals surface area contributed by atoms with Crippen molar-refractivity contribution < 1.29 is 24.3 Å². The minimum absolute atomic E-state index is 0.493. The summed E-state index contributed by atoms with van der Waals surface area (Å²) in [4.78, 5) is 20.2. The van der Waals surface area contributed by atoms with Gasteiger partial charge in [0, 0.05) is 6.92 Å². The van der Waals surface area contributed by atoms with Crippen LogP contribution in [-0.4, -0.2) is 47.7 Å². The number of nitrogens with zero attached hydrogens (tertiary/aromatic N) is 1. The van der Waals surface area contributed by atoms with E-state index < -0.39 is 17.5 Å². The fourth-order valence-electron chi connectivity index (χ4n) is 2.70. The number of carbonyl (C=O) groups is 2. The summed E-state index contributed by atoms with van der Waals surface area (Å²) in [5, 5.41) is 18.7. The van der Waals surface area contributed by atoms with Crippen LogP contribution in [0.5, 0.6) is 0 Å². The second-order valence-electron chi connectivity index (χ2n) is 8.31. The third-order valence-corrected chi connectivity index (χ3v) is 5.33. The van der Waals surface area contributed by atoms with Gasteiger partial charge in [0.2, 0.25) is 0 Å². The van der Waals surface area contributed by atoms with Gasteiger partial charge in [-0.2, -0.15) is 0 Å². The first-order valence-electron chi connectivity index (χ1n) is 10.2. The summed E-state index contributed by atoms with van der Waals surface area (Å²) in [5.41, 5.74) is -0.821. The van der Waals surface area contributed by atoms with Crippen molar-refractivity contribution in [2.75, 3.05) is 20.6 Å². The number of quaternary nitrogens is 1. The Bertz CT molecular complexity index is 374. The average molecular weight is 374 g/mol. The van der Waals surface area contributed by atoms with Crippen molar-refractivity contribution >= 4 is 11.9 Å². The number of likely N-dealkylation sites (N-methyl/N-ethyl adjacent to an activating group) is 1. The standard InChI is InChI=1S/C19H39NO2.C2H4O2/c1-6-7-8-9-10-11-12-13-14-15-16-17-20(4,5)19(2,3)18(21)22;1-2(3)4/h6-17H2,1-5H3;1H3,(H,3,4). The highest BCUT2D eigenvalue weighted by Gasteiger charge is 2.37. The lowest BCUT2D eigenvalue weighted by atomic mass is 9.99. The Balaban J connectivity index is 0. The van der Waals surface area contributed by atoms with Gasteiger partial charge < -0.3 is 19.5 Å². The van der Waals surface area contributed by atoms with E-state index in [2.05, 4.69) is 6.92 Å². The SMILES string of the molecule is CC(=O)O.CCCCCCCCCCCCC[N+](C)(C)C(C)(C)C(=O)[O-]. The lowest BCUT2D eigenvalue weighted by Gasteiger charge is -2.45. The van der Waals surface area contributed by atoms with Crippen molar-refractivity contribution in [1.82, 2.24) is 0 Å². The molecule has 0 aromatic carbocycles. The van der Waals surface area contributed by atoms with Gasteiger partial charge in [-0.1, -0.05) is 64.7 Å². The molecule has 0 amide bonds. The Kier molecular flexibility index (Phi) is 15.7. The topological polar surface area (TPSA) is 77.4 Å². The van der Waals surface area contributed by atoms with E-state index in [4.69, 9.17) is 9.90 Å². The molecule has 0 radical (unpaired) electrons. The van der Waals surface area contributed by atoms with E-state index in [-0.39, 0.29) is 0 Å². The highest BCUT2D eigenvalue weighted by Crippen LogP contribution is 2.21. The number of hydrogen-bond donors (Lipinski definition) is 1. The zero-order valence-corrected chi connectivity index (χ0v) is 18.1. The molecule has 0 saturated carbocycles. The number of carboxylic acid groups (broad SMARTS) is 2. The summed E-state index contributed by atoms with van der Waals surface area (Å²) in [5.74, 6) is -1.79. The lowest BCUT2D eigenvalue weighted by molar-refractivity contribution is -0.930. The quantitative estimate of drug-likeness (QED) is 0.369. The van der Waals surface area contributed by atoms with Crippen LogP contribution in [0.2, 0.25) is 0 Å². The maximum Gasteiger partial charge on any atom is 0.300 e. The van der Waals surface area contributed by atoms with Gasteiger partial charge in [0.1, 0.15) is 11.5 Å². The van der Waals surface area contributed by atoms with Crippen molar-refractivity contribution in [2.24, 2.45) is 0 Å². The van der Waals surface area contributed by atoms with E-state index in [9.17, 15) is 9.90 Å². The van der Waals surface area contributed by atoms with E-state index in [1.807, 2.05) is 14.1 Å². The van der Waals surface area contributed by atoms with Crippen LogP contribution in [0.3, 0.4) is 0 Å². The summed E-state index contributed by atoms with van der Waals surface area (Å²) in [6.07, 6.45) is 14.5. The Morgan fingerprint density at radius 3 is 1.46 bits per heavy atom. The molecule has 0 atom stereocenters. The molecule has 5 heteroatoms. The molecular weight excluding hydrogens is 330 g/mol. The van der Waals surface area contributed by atoms with E-state index in [0.717, 1.165) is 19.9 Å². The molecule has 0 fully saturated rings. The maximum absolute atomic E-state index is 11.2. The van der Waals surface area contributed by atoms with Gasteiger partial charge in [0.15, 0.2) is 0 Å². The maximum atomic E-state index is 11.2. The molecule has 0 aromatic heterocycles. The molecule has 5 nitrogen and oxygen atoms in total. The zero-order chi connectivity index (χ0) is 20.6. The smallest absolute Gasteiger partial charge is 0.300 e. The normalized spacial score (nSPS) is 11.6. The Hall–Kier alpha value is -1.10. The molecule has 0 aliphatic carbocycles. The van der Waals surface area contributed by atoms with Crippen LogP contribution in [0.1, 0.15) is 98.3 Å². The van der Waals surface area contributed by atoms with Crippen LogP contribution in [0.4, 0.5) is 0 Å². The Morgan fingerprint density at radius 2 is 1.15 bits per heavy atom. The van der Waals surface area contributed by atoms with Gasteiger partial charge in [-0.25, -0.2) is 0 Å². The Morgan fingerprint density at radius 1 is 0.846 bits per heavy atom. The van der Waals surface area contributed by atoms with Crippen molar-refractivity contribution in [3.05, 3.63) is 0 Å². The minimum Gasteiger partial charge on any atom is -0.544 e. The van der Waals surface area contributed by atoms with Crippen LogP contribution in [-0.2, 0) is 9.59 Å². The second kappa shape index (κ2) is 15.0. The highest BCUT2D eigenvalue weighted by molar-refractivity contribution is 5.73. The zero-order valence-electron chi connectivity index (χ0n) is 18.1. The average Bonchev–Trinajstić information content (AvgIpc) is 2.51. The van der Waals surface area contributed by atoms with Gasteiger partial charge in [0.05, 0.1) is 20.6 Å². The molecular formula is C21H43NO4. The Labute approximate surface area is 161 Å². The molecule has 0 rings (SSSR count). The van der Waals surface area contributed by atoms with Gasteiger partial charge in [-0.3, -0.25) is 4.79 Å². The first-order valence-corrected chi connectivity index (χ1v) is 10.2. The molecule has 0 spiro atoms. The van der Waals surface area contributed by atoms with Gasteiger partial charge in [-0.05, 0) is 26.7 Å². The van der Waals surface area contributed by atoms with Gasteiger partial charge in [-0.15, -0.1) is 0 Å². The third kappa shape index (κ3) is 14.1. The van der Waals surface area contributed by atoms with E-state index in [1.165, 1.54) is 64.2 Å². The molecule has 0 aliphatic heterocycles.